The number of anilines is 1. The summed E-state index contributed by atoms with van der Waals surface area (Å²) in [5.41, 5.74) is 3.49. The number of rotatable bonds is 6. The van der Waals surface area contributed by atoms with Gasteiger partial charge in [0.25, 0.3) is 0 Å². The highest BCUT2D eigenvalue weighted by molar-refractivity contribution is 5.91. The first kappa shape index (κ1) is 22.1. The summed E-state index contributed by atoms with van der Waals surface area (Å²) in [6, 6.07) is 24.5. The highest BCUT2D eigenvalue weighted by Gasteiger charge is 2.63. The van der Waals surface area contributed by atoms with Gasteiger partial charge < -0.3 is 19.3 Å². The highest BCUT2D eigenvalue weighted by Crippen LogP contribution is 2.56. The zero-order chi connectivity index (χ0) is 23.9. The predicted octanol–water partition coefficient (Wildman–Crippen LogP) is 5.25. The topological polar surface area (TPSA) is 42.0 Å². The average molecular weight is 455 g/mol. The van der Waals surface area contributed by atoms with E-state index in [0.29, 0.717) is 24.6 Å². The Hall–Kier alpha value is -3.73. The number of para-hydroxylation sites is 1. The third kappa shape index (κ3) is 3.18. The van der Waals surface area contributed by atoms with Crippen molar-refractivity contribution >= 4 is 17.7 Å². The number of fused-ring (bicyclic) bond motifs is 3. The van der Waals surface area contributed by atoms with E-state index < -0.39 is 5.66 Å². The molecule has 2 aliphatic rings. The van der Waals surface area contributed by atoms with Crippen LogP contribution in [0.15, 0.2) is 78.9 Å². The quantitative estimate of drug-likeness (QED) is 0.510. The fraction of sp³-hybridized carbons (Fsp3) is 0.276. The van der Waals surface area contributed by atoms with Crippen molar-refractivity contribution < 1.29 is 14.3 Å². The number of amides is 1. The van der Waals surface area contributed by atoms with Crippen molar-refractivity contribution in [2.75, 3.05) is 25.7 Å². The van der Waals surface area contributed by atoms with Gasteiger partial charge in [-0.25, -0.2) is 0 Å². The molecule has 34 heavy (non-hydrogen) atoms. The zero-order valence-electron chi connectivity index (χ0n) is 20.1. The normalized spacial score (nSPS) is 20.5. The molecule has 1 fully saturated rings. The molecule has 2 heterocycles. The number of hydrogen-bond acceptors (Lipinski definition) is 4. The first-order valence-electron chi connectivity index (χ1n) is 11.5. The minimum Gasteiger partial charge on any atom is -0.493 e. The second-order valence-corrected chi connectivity index (χ2v) is 9.37. The van der Waals surface area contributed by atoms with E-state index >= 15 is 0 Å². The average Bonchev–Trinajstić information content (AvgIpc) is 3.24. The molecule has 5 heteroatoms. The van der Waals surface area contributed by atoms with E-state index in [9.17, 15) is 4.79 Å². The Morgan fingerprint density at radius 1 is 0.912 bits per heavy atom. The molecule has 5 rings (SSSR count). The van der Waals surface area contributed by atoms with Gasteiger partial charge in [-0.2, -0.15) is 0 Å². The zero-order valence-corrected chi connectivity index (χ0v) is 20.1. The highest BCUT2D eigenvalue weighted by atomic mass is 16.5. The molecule has 0 aromatic heterocycles. The molecule has 1 amide bonds. The Bertz CT molecular complexity index is 1250. The standard InChI is InChI=1S/C29H30N2O3/c1-28(2)23-12-8-9-13-24(23)30-20-27(32)31(19-22-10-6-5-7-11-22)29(28,30)17-16-21-14-15-25(33-3)26(18-21)34-4/h5-18H,19-20H2,1-4H3/b17-16+/t29-/m0/s1. The number of carbonyl (C=O) groups is 1. The van der Waals surface area contributed by atoms with Gasteiger partial charge in [-0.1, -0.05) is 74.5 Å². The van der Waals surface area contributed by atoms with Gasteiger partial charge in [0, 0.05) is 17.6 Å². The van der Waals surface area contributed by atoms with Crippen molar-refractivity contribution in [2.45, 2.75) is 31.5 Å². The Morgan fingerprint density at radius 3 is 2.35 bits per heavy atom. The van der Waals surface area contributed by atoms with Gasteiger partial charge in [0.15, 0.2) is 11.5 Å². The van der Waals surface area contributed by atoms with E-state index in [2.05, 4.69) is 61.2 Å². The second kappa shape index (κ2) is 8.24. The summed E-state index contributed by atoms with van der Waals surface area (Å²) in [5.74, 6) is 1.50. The minimum absolute atomic E-state index is 0.128. The molecule has 0 spiro atoms. The van der Waals surface area contributed by atoms with Crippen LogP contribution in [0.2, 0.25) is 0 Å². The number of nitrogens with zero attached hydrogens (tertiary/aromatic N) is 2. The lowest BCUT2D eigenvalue weighted by atomic mass is 9.74. The van der Waals surface area contributed by atoms with Crippen molar-refractivity contribution in [3.8, 4) is 11.5 Å². The predicted molar refractivity (Wildman–Crippen MR) is 135 cm³/mol. The van der Waals surface area contributed by atoms with Gasteiger partial charge in [0.1, 0.15) is 5.66 Å². The number of benzene rings is 3. The summed E-state index contributed by atoms with van der Waals surface area (Å²) in [4.78, 5) is 17.8. The monoisotopic (exact) mass is 454 g/mol. The van der Waals surface area contributed by atoms with Gasteiger partial charge in [-0.3, -0.25) is 4.79 Å². The summed E-state index contributed by atoms with van der Waals surface area (Å²) in [5, 5.41) is 0. The van der Waals surface area contributed by atoms with E-state index in [0.717, 1.165) is 16.8 Å². The SMILES string of the molecule is COc1ccc(/C=C/[C@@]23N(Cc4ccccc4)C(=O)CN2c2ccccc2C3(C)C)cc1OC. The van der Waals surface area contributed by atoms with E-state index in [-0.39, 0.29) is 11.3 Å². The van der Waals surface area contributed by atoms with Crippen LogP contribution in [0.1, 0.15) is 30.5 Å². The Balaban J connectivity index is 1.65. The van der Waals surface area contributed by atoms with Crippen molar-refractivity contribution in [3.63, 3.8) is 0 Å². The molecular weight excluding hydrogens is 424 g/mol. The largest absolute Gasteiger partial charge is 0.493 e. The third-order valence-electron chi connectivity index (χ3n) is 7.30. The second-order valence-electron chi connectivity index (χ2n) is 9.37. The van der Waals surface area contributed by atoms with Crippen LogP contribution in [0, 0.1) is 0 Å². The Labute approximate surface area is 201 Å². The van der Waals surface area contributed by atoms with Crippen molar-refractivity contribution in [3.05, 3.63) is 95.6 Å². The molecule has 3 aromatic rings. The molecule has 0 radical (unpaired) electrons. The van der Waals surface area contributed by atoms with Crippen LogP contribution in [0.4, 0.5) is 5.69 Å². The van der Waals surface area contributed by atoms with E-state index in [1.807, 2.05) is 47.4 Å². The van der Waals surface area contributed by atoms with Gasteiger partial charge in [0.05, 0.1) is 20.8 Å². The van der Waals surface area contributed by atoms with Crippen LogP contribution < -0.4 is 14.4 Å². The Morgan fingerprint density at radius 2 is 1.62 bits per heavy atom. The summed E-state index contributed by atoms with van der Waals surface area (Å²) < 4.78 is 10.9. The summed E-state index contributed by atoms with van der Waals surface area (Å²) in [6.07, 6.45) is 4.29. The summed E-state index contributed by atoms with van der Waals surface area (Å²) >= 11 is 0. The van der Waals surface area contributed by atoms with Crippen LogP contribution in [0.3, 0.4) is 0 Å². The molecule has 3 aromatic carbocycles. The van der Waals surface area contributed by atoms with E-state index in [4.69, 9.17) is 9.47 Å². The van der Waals surface area contributed by atoms with Crippen LogP contribution in [-0.4, -0.2) is 37.2 Å². The van der Waals surface area contributed by atoms with E-state index in [1.165, 1.54) is 5.56 Å². The lowest BCUT2D eigenvalue weighted by Crippen LogP contribution is -2.60. The third-order valence-corrected chi connectivity index (χ3v) is 7.30. The van der Waals surface area contributed by atoms with Gasteiger partial charge in [0.2, 0.25) is 5.91 Å². The molecular formula is C29H30N2O3. The van der Waals surface area contributed by atoms with Crippen molar-refractivity contribution in [1.29, 1.82) is 0 Å². The number of ether oxygens (including phenoxy) is 2. The maximum Gasteiger partial charge on any atom is 0.244 e. The fourth-order valence-electron chi connectivity index (χ4n) is 5.59. The summed E-state index contributed by atoms with van der Waals surface area (Å²) in [7, 11) is 3.27. The van der Waals surface area contributed by atoms with Gasteiger partial charge in [-0.05, 0) is 41.0 Å². The number of carbonyl (C=O) groups excluding carboxylic acids is 1. The number of hydrogen-bond donors (Lipinski definition) is 0. The van der Waals surface area contributed by atoms with Crippen molar-refractivity contribution in [2.24, 2.45) is 0 Å². The lowest BCUT2D eigenvalue weighted by molar-refractivity contribution is -0.131. The molecule has 0 N–H and O–H groups in total. The van der Waals surface area contributed by atoms with Crippen LogP contribution in [0.25, 0.3) is 6.08 Å². The molecule has 1 saturated heterocycles. The molecule has 0 saturated carbocycles. The molecule has 0 aliphatic carbocycles. The van der Waals surface area contributed by atoms with Gasteiger partial charge in [-0.15, -0.1) is 0 Å². The number of methoxy groups -OCH3 is 2. The minimum atomic E-state index is -0.642. The summed E-state index contributed by atoms with van der Waals surface area (Å²) in [6.45, 7) is 5.37. The smallest absolute Gasteiger partial charge is 0.244 e. The van der Waals surface area contributed by atoms with E-state index in [1.54, 1.807) is 14.2 Å². The Kier molecular flexibility index (Phi) is 5.35. The van der Waals surface area contributed by atoms with Crippen LogP contribution in [-0.2, 0) is 16.8 Å². The maximum absolute atomic E-state index is 13.5. The molecule has 5 nitrogen and oxygen atoms in total. The first-order valence-corrected chi connectivity index (χ1v) is 11.5. The van der Waals surface area contributed by atoms with Crippen LogP contribution in [0.5, 0.6) is 11.5 Å². The lowest BCUT2D eigenvalue weighted by Gasteiger charge is -2.46. The van der Waals surface area contributed by atoms with Gasteiger partial charge >= 0.3 is 0 Å². The first-order chi connectivity index (χ1) is 16.4. The molecule has 2 aliphatic heterocycles. The molecule has 1 atom stereocenters. The molecule has 0 bridgehead atoms. The van der Waals surface area contributed by atoms with Crippen LogP contribution >= 0.6 is 0 Å². The van der Waals surface area contributed by atoms with Crippen molar-refractivity contribution in [1.82, 2.24) is 4.90 Å². The maximum atomic E-state index is 13.5. The molecule has 174 valence electrons. The molecule has 0 unspecified atom stereocenters. The fourth-order valence-corrected chi connectivity index (χ4v) is 5.59.